The van der Waals surface area contributed by atoms with E-state index in [9.17, 15) is 22.4 Å². The maximum Gasteiger partial charge on any atom is 0.322 e. The Bertz CT molecular complexity index is 659. The molecule has 0 spiro atoms. The number of rotatable bonds is 7. The summed E-state index contributed by atoms with van der Waals surface area (Å²) in [6.45, 7) is 0. The highest BCUT2D eigenvalue weighted by molar-refractivity contribution is 7.89. The average molecular weight is 321 g/mol. The van der Waals surface area contributed by atoms with Crippen LogP contribution in [0.1, 0.15) is 6.42 Å². The zero-order valence-corrected chi connectivity index (χ0v) is 11.6. The Morgan fingerprint density at radius 1 is 1.38 bits per heavy atom. The van der Waals surface area contributed by atoms with Gasteiger partial charge < -0.3 is 14.9 Å². The standard InChI is InChI=1S/C11H12FNO7S/c1-20-9-3-2-6(4-7(9)12)21(18,19)13-8(11(16)17)5-10(14)15/h2-4,8,13H,5H2,1H3,(H,14,15)(H,16,17). The Balaban J connectivity index is 3.07. The topological polar surface area (TPSA) is 130 Å². The minimum atomic E-state index is -4.39. The molecule has 1 aromatic carbocycles. The molecule has 0 heterocycles. The van der Waals surface area contributed by atoms with Crippen LogP contribution >= 0.6 is 0 Å². The summed E-state index contributed by atoms with van der Waals surface area (Å²) in [6.07, 6.45) is -0.951. The number of ether oxygens (including phenoxy) is 1. The van der Waals surface area contributed by atoms with Gasteiger partial charge in [0.05, 0.1) is 18.4 Å². The predicted octanol–water partition coefficient (Wildman–Crippen LogP) is 0.0405. The number of hydrogen-bond acceptors (Lipinski definition) is 5. The molecule has 0 saturated heterocycles. The molecule has 1 atom stereocenters. The molecule has 0 aromatic heterocycles. The van der Waals surface area contributed by atoms with Gasteiger partial charge in [-0.25, -0.2) is 12.8 Å². The quantitative estimate of drug-likeness (QED) is 0.646. The van der Waals surface area contributed by atoms with Crippen LogP contribution in [0.25, 0.3) is 0 Å². The summed E-state index contributed by atoms with van der Waals surface area (Å²) in [7, 11) is -3.19. The fraction of sp³-hybridized carbons (Fsp3) is 0.273. The molecule has 1 unspecified atom stereocenters. The van der Waals surface area contributed by atoms with Gasteiger partial charge in [-0.05, 0) is 18.2 Å². The highest BCUT2D eigenvalue weighted by atomic mass is 32.2. The van der Waals surface area contributed by atoms with Crippen LogP contribution in [0, 0.1) is 5.82 Å². The summed E-state index contributed by atoms with van der Waals surface area (Å²) in [5.41, 5.74) is 0. The van der Waals surface area contributed by atoms with Gasteiger partial charge in [-0.2, -0.15) is 4.72 Å². The Morgan fingerprint density at radius 2 is 2.00 bits per heavy atom. The Hall–Kier alpha value is -2.20. The molecule has 1 rings (SSSR count). The Morgan fingerprint density at radius 3 is 2.43 bits per heavy atom. The van der Waals surface area contributed by atoms with Gasteiger partial charge in [0.25, 0.3) is 0 Å². The minimum absolute atomic E-state index is 0.186. The highest BCUT2D eigenvalue weighted by Gasteiger charge is 2.28. The first-order valence-corrected chi connectivity index (χ1v) is 6.96. The normalized spacial score (nSPS) is 12.7. The second-order valence-corrected chi connectivity index (χ2v) is 5.62. The molecule has 0 radical (unpaired) electrons. The van der Waals surface area contributed by atoms with Gasteiger partial charge in [-0.15, -0.1) is 0 Å². The fourth-order valence-corrected chi connectivity index (χ4v) is 2.62. The van der Waals surface area contributed by atoms with Crippen molar-refractivity contribution in [2.75, 3.05) is 7.11 Å². The van der Waals surface area contributed by atoms with E-state index in [1.165, 1.54) is 7.11 Å². The van der Waals surface area contributed by atoms with E-state index < -0.39 is 45.1 Å². The van der Waals surface area contributed by atoms with E-state index >= 15 is 0 Å². The molecular formula is C11H12FNO7S. The van der Waals surface area contributed by atoms with E-state index in [4.69, 9.17) is 10.2 Å². The third kappa shape index (κ3) is 4.39. The van der Waals surface area contributed by atoms with Crippen molar-refractivity contribution in [1.29, 1.82) is 0 Å². The molecule has 3 N–H and O–H groups in total. The first-order chi connectivity index (χ1) is 9.67. The predicted molar refractivity (Wildman–Crippen MR) is 67.0 cm³/mol. The lowest BCUT2D eigenvalue weighted by Gasteiger charge is -2.13. The van der Waals surface area contributed by atoms with Crippen LogP contribution in [0.5, 0.6) is 5.75 Å². The van der Waals surface area contributed by atoms with Crippen molar-refractivity contribution in [2.45, 2.75) is 17.4 Å². The van der Waals surface area contributed by atoms with E-state index in [1.54, 1.807) is 4.72 Å². The number of hydrogen-bond donors (Lipinski definition) is 3. The molecule has 8 nitrogen and oxygen atoms in total. The van der Waals surface area contributed by atoms with Crippen molar-refractivity contribution < 1.29 is 37.3 Å². The van der Waals surface area contributed by atoms with Crippen LogP contribution in [-0.2, 0) is 19.6 Å². The summed E-state index contributed by atoms with van der Waals surface area (Å²) >= 11 is 0. The number of aliphatic carboxylic acids is 2. The van der Waals surface area contributed by atoms with E-state index in [2.05, 4.69) is 4.74 Å². The largest absolute Gasteiger partial charge is 0.494 e. The number of carboxylic acids is 2. The number of benzene rings is 1. The van der Waals surface area contributed by atoms with Crippen LogP contribution in [0.3, 0.4) is 0 Å². The van der Waals surface area contributed by atoms with Crippen LogP contribution in [0.15, 0.2) is 23.1 Å². The fourth-order valence-electron chi connectivity index (χ4n) is 1.42. The lowest BCUT2D eigenvalue weighted by Crippen LogP contribution is -2.42. The summed E-state index contributed by atoms with van der Waals surface area (Å²) in [6, 6.07) is 0.833. The maximum absolute atomic E-state index is 13.5. The minimum Gasteiger partial charge on any atom is -0.494 e. The van der Waals surface area contributed by atoms with Crippen molar-refractivity contribution in [1.82, 2.24) is 4.72 Å². The van der Waals surface area contributed by atoms with Gasteiger partial charge in [0.1, 0.15) is 6.04 Å². The zero-order valence-electron chi connectivity index (χ0n) is 10.7. The lowest BCUT2D eigenvalue weighted by molar-refractivity contribution is -0.145. The van der Waals surface area contributed by atoms with Crippen LogP contribution in [0.2, 0.25) is 0 Å². The van der Waals surface area contributed by atoms with Crippen LogP contribution in [-0.4, -0.2) is 43.7 Å². The summed E-state index contributed by atoms with van der Waals surface area (Å²) in [5.74, 6) is -4.29. The van der Waals surface area contributed by atoms with Gasteiger partial charge >= 0.3 is 11.9 Å². The van der Waals surface area contributed by atoms with Crippen LogP contribution < -0.4 is 9.46 Å². The molecule has 0 saturated carbocycles. The van der Waals surface area contributed by atoms with Crippen molar-refractivity contribution in [2.24, 2.45) is 0 Å². The third-order valence-corrected chi connectivity index (χ3v) is 3.88. The third-order valence-electron chi connectivity index (χ3n) is 2.41. The van der Waals surface area contributed by atoms with Crippen molar-refractivity contribution in [3.63, 3.8) is 0 Å². The summed E-state index contributed by atoms with van der Waals surface area (Å²) < 4.78 is 43.6. The molecule has 0 aliphatic heterocycles. The molecule has 0 aliphatic carbocycles. The van der Waals surface area contributed by atoms with Gasteiger partial charge in [0.2, 0.25) is 10.0 Å². The van der Waals surface area contributed by atoms with E-state index in [0.717, 1.165) is 12.1 Å². The maximum atomic E-state index is 13.5. The molecule has 116 valence electrons. The second-order valence-electron chi connectivity index (χ2n) is 3.91. The second kappa shape index (κ2) is 6.50. The van der Waals surface area contributed by atoms with Gasteiger partial charge in [-0.1, -0.05) is 0 Å². The molecular weight excluding hydrogens is 309 g/mol. The lowest BCUT2D eigenvalue weighted by atomic mass is 10.2. The number of nitrogens with one attached hydrogen (secondary N) is 1. The number of carboxylic acid groups (broad SMARTS) is 2. The SMILES string of the molecule is COc1ccc(S(=O)(=O)NC(CC(=O)O)C(=O)O)cc1F. The molecule has 0 bridgehead atoms. The van der Waals surface area contributed by atoms with E-state index in [-0.39, 0.29) is 5.75 Å². The van der Waals surface area contributed by atoms with Gasteiger partial charge in [-0.3, -0.25) is 9.59 Å². The zero-order chi connectivity index (χ0) is 16.2. The van der Waals surface area contributed by atoms with E-state index in [0.29, 0.717) is 6.07 Å². The molecule has 10 heteroatoms. The Kier molecular flexibility index (Phi) is 5.22. The average Bonchev–Trinajstić information content (AvgIpc) is 2.36. The number of halogens is 1. The van der Waals surface area contributed by atoms with Crippen LogP contribution in [0.4, 0.5) is 4.39 Å². The first kappa shape index (κ1) is 16.9. The van der Waals surface area contributed by atoms with E-state index in [1.807, 2.05) is 0 Å². The first-order valence-electron chi connectivity index (χ1n) is 5.48. The van der Waals surface area contributed by atoms with Crippen molar-refractivity contribution >= 4 is 22.0 Å². The Labute approximate surface area is 119 Å². The molecule has 0 fully saturated rings. The van der Waals surface area contributed by atoms with Gasteiger partial charge in [0, 0.05) is 0 Å². The number of methoxy groups -OCH3 is 1. The number of carbonyl (C=O) groups is 2. The molecule has 21 heavy (non-hydrogen) atoms. The smallest absolute Gasteiger partial charge is 0.322 e. The molecule has 1 aromatic rings. The molecule has 0 aliphatic rings. The molecule has 0 amide bonds. The highest BCUT2D eigenvalue weighted by Crippen LogP contribution is 2.20. The summed E-state index contributed by atoms with van der Waals surface area (Å²) in [4.78, 5) is 20.8. The summed E-state index contributed by atoms with van der Waals surface area (Å²) in [5, 5.41) is 17.3. The number of sulfonamides is 1. The van der Waals surface area contributed by atoms with Gasteiger partial charge in [0.15, 0.2) is 11.6 Å². The van der Waals surface area contributed by atoms with Crippen molar-refractivity contribution in [3.8, 4) is 5.75 Å². The monoisotopic (exact) mass is 321 g/mol. The van der Waals surface area contributed by atoms with Crippen molar-refractivity contribution in [3.05, 3.63) is 24.0 Å².